The van der Waals surface area contributed by atoms with Gasteiger partial charge in [0.2, 0.25) is 5.91 Å². The average Bonchev–Trinajstić information content (AvgIpc) is 2.54. The lowest BCUT2D eigenvalue weighted by Gasteiger charge is -2.20. The molecule has 98 valence electrons. The van der Waals surface area contributed by atoms with E-state index in [2.05, 4.69) is 26.1 Å². The van der Waals surface area contributed by atoms with Crippen molar-refractivity contribution in [3.8, 4) is 5.75 Å². The first-order valence-corrected chi connectivity index (χ1v) is 6.80. The van der Waals surface area contributed by atoms with Gasteiger partial charge in [-0.3, -0.25) is 9.69 Å². The van der Waals surface area contributed by atoms with Crippen LogP contribution in [0.1, 0.15) is 12.0 Å². The Morgan fingerprint density at radius 2 is 2.33 bits per heavy atom. The van der Waals surface area contributed by atoms with E-state index in [0.29, 0.717) is 6.54 Å². The molecule has 0 radical (unpaired) electrons. The molecule has 2 rings (SSSR count). The van der Waals surface area contributed by atoms with E-state index in [9.17, 15) is 4.79 Å². The Morgan fingerprint density at radius 1 is 1.50 bits per heavy atom. The fraction of sp³-hybridized carbons (Fsp3) is 0.462. The van der Waals surface area contributed by atoms with Crippen molar-refractivity contribution in [2.45, 2.75) is 13.0 Å². The minimum atomic E-state index is 0.0986. The van der Waals surface area contributed by atoms with Gasteiger partial charge in [0, 0.05) is 29.7 Å². The molecule has 1 aromatic carbocycles. The highest BCUT2D eigenvalue weighted by atomic mass is 79.9. The summed E-state index contributed by atoms with van der Waals surface area (Å²) in [6.07, 6.45) is 0.988. The lowest BCUT2D eigenvalue weighted by atomic mass is 10.2. The molecule has 0 atom stereocenters. The van der Waals surface area contributed by atoms with E-state index >= 15 is 0 Å². The second-order valence-corrected chi connectivity index (χ2v) is 5.29. The van der Waals surface area contributed by atoms with Crippen molar-refractivity contribution in [1.82, 2.24) is 10.2 Å². The van der Waals surface area contributed by atoms with Gasteiger partial charge in [-0.05, 0) is 24.6 Å². The minimum Gasteiger partial charge on any atom is -0.496 e. The van der Waals surface area contributed by atoms with Gasteiger partial charge < -0.3 is 10.1 Å². The van der Waals surface area contributed by atoms with Gasteiger partial charge in [-0.25, -0.2) is 0 Å². The maximum Gasteiger partial charge on any atom is 0.234 e. The molecule has 0 unspecified atom stereocenters. The Balaban J connectivity index is 2.12. The van der Waals surface area contributed by atoms with E-state index in [1.54, 1.807) is 7.11 Å². The van der Waals surface area contributed by atoms with Crippen molar-refractivity contribution >= 4 is 21.8 Å². The molecule has 0 bridgehead atoms. The Morgan fingerprint density at radius 3 is 3.11 bits per heavy atom. The third-order valence-electron chi connectivity index (χ3n) is 2.98. The molecule has 1 saturated heterocycles. The molecule has 18 heavy (non-hydrogen) atoms. The number of hydrogen-bond donors (Lipinski definition) is 1. The average molecular weight is 313 g/mol. The number of rotatable bonds is 3. The Hall–Kier alpha value is -1.07. The van der Waals surface area contributed by atoms with Crippen molar-refractivity contribution in [2.24, 2.45) is 0 Å². The van der Waals surface area contributed by atoms with Crippen LogP contribution >= 0.6 is 15.9 Å². The van der Waals surface area contributed by atoms with Crippen molar-refractivity contribution in [2.75, 3.05) is 26.7 Å². The second kappa shape index (κ2) is 6.20. The number of ether oxygens (including phenoxy) is 1. The van der Waals surface area contributed by atoms with Crippen LogP contribution in [0.2, 0.25) is 0 Å². The van der Waals surface area contributed by atoms with Gasteiger partial charge in [0.05, 0.1) is 13.7 Å². The van der Waals surface area contributed by atoms with Gasteiger partial charge in [0.25, 0.3) is 0 Å². The van der Waals surface area contributed by atoms with Crippen LogP contribution in [-0.4, -0.2) is 37.6 Å². The van der Waals surface area contributed by atoms with Crippen molar-refractivity contribution in [1.29, 1.82) is 0 Å². The Bertz CT molecular complexity index is 437. The molecule has 1 heterocycles. The number of nitrogens with one attached hydrogen (secondary N) is 1. The first kappa shape index (κ1) is 13.4. The number of carbonyl (C=O) groups excluding carboxylic acids is 1. The summed E-state index contributed by atoms with van der Waals surface area (Å²) in [5, 5.41) is 2.88. The molecule has 0 aromatic heterocycles. The molecule has 1 aliphatic rings. The lowest BCUT2D eigenvalue weighted by Crippen LogP contribution is -2.32. The smallest absolute Gasteiger partial charge is 0.234 e. The van der Waals surface area contributed by atoms with Crippen molar-refractivity contribution in [3.63, 3.8) is 0 Å². The van der Waals surface area contributed by atoms with Crippen LogP contribution in [0.5, 0.6) is 5.75 Å². The minimum absolute atomic E-state index is 0.0986. The predicted molar refractivity (Wildman–Crippen MR) is 73.6 cm³/mol. The SMILES string of the molecule is COc1ccc(Br)cc1CN1CCCNC(=O)C1. The quantitative estimate of drug-likeness (QED) is 0.925. The summed E-state index contributed by atoms with van der Waals surface area (Å²) in [5.41, 5.74) is 1.10. The molecule has 4 nitrogen and oxygen atoms in total. The van der Waals surface area contributed by atoms with E-state index in [1.165, 1.54) is 0 Å². The zero-order valence-corrected chi connectivity index (χ0v) is 12.0. The molecule has 0 saturated carbocycles. The number of benzene rings is 1. The monoisotopic (exact) mass is 312 g/mol. The standard InChI is InChI=1S/C13H17BrN2O2/c1-18-12-4-3-11(14)7-10(12)8-16-6-2-5-15-13(17)9-16/h3-4,7H,2,5-6,8-9H2,1H3,(H,15,17). The lowest BCUT2D eigenvalue weighted by molar-refractivity contribution is -0.121. The van der Waals surface area contributed by atoms with Gasteiger partial charge in [-0.2, -0.15) is 0 Å². The number of methoxy groups -OCH3 is 1. The van der Waals surface area contributed by atoms with E-state index < -0.39 is 0 Å². The van der Waals surface area contributed by atoms with E-state index in [0.717, 1.165) is 41.8 Å². The number of nitrogens with zero attached hydrogens (tertiary/aromatic N) is 1. The largest absolute Gasteiger partial charge is 0.496 e. The summed E-state index contributed by atoms with van der Waals surface area (Å²) in [4.78, 5) is 13.7. The fourth-order valence-electron chi connectivity index (χ4n) is 2.12. The van der Waals surface area contributed by atoms with Crippen LogP contribution in [0.3, 0.4) is 0 Å². The molecule has 0 aliphatic carbocycles. The molecule has 1 aliphatic heterocycles. The number of amides is 1. The summed E-state index contributed by atoms with van der Waals surface area (Å²) in [7, 11) is 1.67. The Kier molecular flexibility index (Phi) is 4.60. The van der Waals surface area contributed by atoms with Gasteiger partial charge in [-0.15, -0.1) is 0 Å². The molecular formula is C13H17BrN2O2. The van der Waals surface area contributed by atoms with Crippen LogP contribution in [0, 0.1) is 0 Å². The van der Waals surface area contributed by atoms with Crippen molar-refractivity contribution < 1.29 is 9.53 Å². The van der Waals surface area contributed by atoms with Crippen molar-refractivity contribution in [3.05, 3.63) is 28.2 Å². The molecule has 1 N–H and O–H groups in total. The molecule has 5 heteroatoms. The normalized spacial score (nSPS) is 17.1. The number of halogens is 1. The maximum absolute atomic E-state index is 11.5. The van der Waals surface area contributed by atoms with Crippen LogP contribution in [0.4, 0.5) is 0 Å². The van der Waals surface area contributed by atoms with E-state index in [1.807, 2.05) is 18.2 Å². The van der Waals surface area contributed by atoms with E-state index in [-0.39, 0.29) is 5.91 Å². The van der Waals surface area contributed by atoms with Crippen LogP contribution in [0.15, 0.2) is 22.7 Å². The van der Waals surface area contributed by atoms with Gasteiger partial charge in [0.1, 0.15) is 5.75 Å². The first-order chi connectivity index (χ1) is 8.69. The molecule has 0 spiro atoms. The fourth-order valence-corrected chi connectivity index (χ4v) is 2.52. The summed E-state index contributed by atoms with van der Waals surface area (Å²) < 4.78 is 6.38. The molecule has 1 aromatic rings. The topological polar surface area (TPSA) is 41.6 Å². The highest BCUT2D eigenvalue weighted by molar-refractivity contribution is 9.10. The van der Waals surface area contributed by atoms with Crippen LogP contribution in [0.25, 0.3) is 0 Å². The van der Waals surface area contributed by atoms with Crippen LogP contribution in [-0.2, 0) is 11.3 Å². The summed E-state index contributed by atoms with van der Waals surface area (Å²) in [6, 6.07) is 5.94. The van der Waals surface area contributed by atoms with Gasteiger partial charge >= 0.3 is 0 Å². The zero-order chi connectivity index (χ0) is 13.0. The summed E-state index contributed by atoms with van der Waals surface area (Å²) in [5.74, 6) is 0.962. The van der Waals surface area contributed by atoms with Gasteiger partial charge in [-0.1, -0.05) is 15.9 Å². The molecule has 1 amide bonds. The zero-order valence-electron chi connectivity index (χ0n) is 10.4. The third-order valence-corrected chi connectivity index (χ3v) is 3.47. The highest BCUT2D eigenvalue weighted by Crippen LogP contribution is 2.24. The first-order valence-electron chi connectivity index (χ1n) is 6.00. The van der Waals surface area contributed by atoms with Crippen LogP contribution < -0.4 is 10.1 Å². The van der Waals surface area contributed by atoms with Gasteiger partial charge in [0.15, 0.2) is 0 Å². The third kappa shape index (κ3) is 3.46. The predicted octanol–water partition coefficient (Wildman–Crippen LogP) is 1.78. The summed E-state index contributed by atoms with van der Waals surface area (Å²) >= 11 is 3.46. The second-order valence-electron chi connectivity index (χ2n) is 4.37. The number of carbonyl (C=O) groups is 1. The maximum atomic E-state index is 11.5. The summed E-state index contributed by atoms with van der Waals surface area (Å²) in [6.45, 7) is 2.88. The highest BCUT2D eigenvalue weighted by Gasteiger charge is 2.16. The molecular weight excluding hydrogens is 296 g/mol. The molecule has 1 fully saturated rings. The number of hydrogen-bond acceptors (Lipinski definition) is 3. The van der Waals surface area contributed by atoms with E-state index in [4.69, 9.17) is 4.74 Å². The Labute approximate surface area is 115 Å².